The van der Waals surface area contributed by atoms with Gasteiger partial charge in [-0.1, -0.05) is 0 Å². The summed E-state index contributed by atoms with van der Waals surface area (Å²) in [5, 5.41) is 8.56. The molecule has 1 aromatic rings. The summed E-state index contributed by atoms with van der Waals surface area (Å²) in [6.07, 6.45) is 1.51. The maximum absolute atomic E-state index is 8.56. The quantitative estimate of drug-likeness (QED) is 0.696. The fourth-order valence-corrected chi connectivity index (χ4v) is 1.57. The average Bonchev–Trinajstić information content (AvgIpc) is 2.68. The number of rotatable bonds is 4. The van der Waals surface area contributed by atoms with Gasteiger partial charge >= 0.3 is 7.69 Å². The van der Waals surface area contributed by atoms with Crippen LogP contribution in [0.4, 0.5) is 0 Å². The Morgan fingerprint density at radius 3 is 3.00 bits per heavy atom. The topological polar surface area (TPSA) is 55.1 Å². The Bertz CT molecular complexity index is 298. The minimum atomic E-state index is -0.323. The van der Waals surface area contributed by atoms with Gasteiger partial charge in [-0.15, -0.1) is 0 Å². The van der Waals surface area contributed by atoms with Gasteiger partial charge in [0.15, 0.2) is 0 Å². The van der Waals surface area contributed by atoms with Crippen LogP contribution in [0.15, 0.2) is 16.7 Å². The lowest BCUT2D eigenvalue weighted by Crippen LogP contribution is -2.35. The Hall–Kier alpha value is -0.975. The van der Waals surface area contributed by atoms with Crippen molar-refractivity contribution in [2.24, 2.45) is 0 Å². The third kappa shape index (κ3) is 2.99. The molecule has 1 aromatic heterocycles. The highest BCUT2D eigenvalue weighted by Crippen LogP contribution is 2.17. The number of furan rings is 1. The normalized spacial score (nSPS) is 17.7. The van der Waals surface area contributed by atoms with Crippen LogP contribution in [-0.4, -0.2) is 43.9 Å². The summed E-state index contributed by atoms with van der Waals surface area (Å²) >= 11 is 0. The van der Waals surface area contributed by atoms with Crippen LogP contribution < -0.4 is 4.65 Å². The first-order chi connectivity index (χ1) is 7.38. The number of ether oxygens (including phenoxy) is 1. The van der Waals surface area contributed by atoms with E-state index in [2.05, 4.69) is 4.90 Å². The molecule has 82 valence electrons. The van der Waals surface area contributed by atoms with E-state index in [0.717, 1.165) is 38.6 Å². The van der Waals surface area contributed by atoms with Crippen molar-refractivity contribution in [2.75, 3.05) is 26.3 Å². The predicted molar refractivity (Wildman–Crippen MR) is 54.8 cm³/mol. The molecule has 15 heavy (non-hydrogen) atoms. The van der Waals surface area contributed by atoms with Gasteiger partial charge in [0, 0.05) is 19.2 Å². The van der Waals surface area contributed by atoms with E-state index in [0.29, 0.717) is 5.75 Å². The Morgan fingerprint density at radius 1 is 1.47 bits per heavy atom. The third-order valence-electron chi connectivity index (χ3n) is 2.34. The van der Waals surface area contributed by atoms with Gasteiger partial charge in [-0.3, -0.25) is 4.90 Å². The average molecular weight is 211 g/mol. The molecule has 0 saturated carbocycles. The Morgan fingerprint density at radius 2 is 2.27 bits per heavy atom. The minimum absolute atomic E-state index is 0.323. The van der Waals surface area contributed by atoms with Crippen molar-refractivity contribution in [2.45, 2.75) is 6.54 Å². The molecule has 0 radical (unpaired) electrons. The van der Waals surface area contributed by atoms with Crippen molar-refractivity contribution in [3.8, 4) is 5.75 Å². The van der Waals surface area contributed by atoms with Crippen molar-refractivity contribution in [3.63, 3.8) is 0 Å². The summed E-state index contributed by atoms with van der Waals surface area (Å²) in [5.74, 6) is 1.42. The van der Waals surface area contributed by atoms with Crippen molar-refractivity contribution in [1.82, 2.24) is 4.90 Å². The monoisotopic (exact) mass is 211 g/mol. The van der Waals surface area contributed by atoms with Crippen molar-refractivity contribution >= 4 is 7.69 Å². The molecule has 0 aliphatic carbocycles. The molecule has 1 aliphatic rings. The number of hydrogen-bond acceptors (Lipinski definition) is 5. The zero-order valence-corrected chi connectivity index (χ0v) is 8.52. The Kier molecular flexibility index (Phi) is 3.66. The van der Waals surface area contributed by atoms with Crippen LogP contribution in [0.5, 0.6) is 5.75 Å². The van der Waals surface area contributed by atoms with Crippen molar-refractivity contribution in [3.05, 3.63) is 18.1 Å². The van der Waals surface area contributed by atoms with Crippen molar-refractivity contribution < 1.29 is 18.8 Å². The van der Waals surface area contributed by atoms with E-state index in [9.17, 15) is 0 Å². The van der Waals surface area contributed by atoms with Gasteiger partial charge < -0.3 is 18.8 Å². The molecule has 0 bridgehead atoms. The van der Waals surface area contributed by atoms with Gasteiger partial charge in [0.25, 0.3) is 0 Å². The maximum Gasteiger partial charge on any atom is 0.504 e. The smallest absolute Gasteiger partial charge is 0.504 e. The molecule has 2 rings (SSSR count). The fourth-order valence-electron chi connectivity index (χ4n) is 1.57. The second-order valence-electron chi connectivity index (χ2n) is 3.41. The predicted octanol–water partition coefficient (Wildman–Crippen LogP) is -0.251. The molecule has 0 amide bonds. The highest BCUT2D eigenvalue weighted by molar-refractivity contribution is 6.17. The highest BCUT2D eigenvalue weighted by Gasteiger charge is 2.12. The van der Waals surface area contributed by atoms with E-state index < -0.39 is 0 Å². The van der Waals surface area contributed by atoms with Crippen LogP contribution in [0.3, 0.4) is 0 Å². The zero-order chi connectivity index (χ0) is 10.5. The molecule has 0 unspecified atom stereocenters. The van der Waals surface area contributed by atoms with Gasteiger partial charge in [0.2, 0.25) is 0 Å². The van der Waals surface area contributed by atoms with Crippen LogP contribution in [0.1, 0.15) is 5.76 Å². The summed E-state index contributed by atoms with van der Waals surface area (Å²) in [6.45, 7) is 4.17. The second-order valence-corrected chi connectivity index (χ2v) is 3.41. The third-order valence-corrected chi connectivity index (χ3v) is 2.34. The lowest BCUT2D eigenvalue weighted by atomic mass is 10.3. The molecule has 5 nitrogen and oxygen atoms in total. The highest BCUT2D eigenvalue weighted by atomic mass is 16.5. The lowest BCUT2D eigenvalue weighted by molar-refractivity contribution is 0.0313. The van der Waals surface area contributed by atoms with Crippen LogP contribution in [0.2, 0.25) is 0 Å². The molecule has 1 aliphatic heterocycles. The Balaban J connectivity index is 1.86. The number of morpholine rings is 1. The number of hydrogen-bond donors (Lipinski definition) is 1. The molecule has 0 aromatic carbocycles. The van der Waals surface area contributed by atoms with Gasteiger partial charge in [0.05, 0.1) is 19.8 Å². The molecular formula is C9H14BNO4. The van der Waals surface area contributed by atoms with E-state index in [1.165, 1.54) is 6.26 Å². The standard InChI is InChI=1S/C9H14BNO4/c12-10-15-9-5-8(14-7-9)6-11-1-3-13-4-2-11/h5,7,10,12H,1-4,6H2. The minimum Gasteiger partial charge on any atom is -0.537 e. The molecule has 1 N–H and O–H groups in total. The fraction of sp³-hybridized carbons (Fsp3) is 0.556. The van der Waals surface area contributed by atoms with Crippen molar-refractivity contribution in [1.29, 1.82) is 0 Å². The number of nitrogens with zero attached hydrogens (tertiary/aromatic N) is 1. The first kappa shape index (κ1) is 10.5. The summed E-state index contributed by atoms with van der Waals surface area (Å²) in [7, 11) is -0.323. The molecule has 0 atom stereocenters. The van der Waals surface area contributed by atoms with E-state index in [1.807, 2.05) is 0 Å². The summed E-state index contributed by atoms with van der Waals surface area (Å²) in [4.78, 5) is 2.26. The molecular weight excluding hydrogens is 197 g/mol. The van der Waals surface area contributed by atoms with Crippen LogP contribution in [-0.2, 0) is 11.3 Å². The SMILES string of the molecule is OBOc1coc(CN2CCOCC2)c1. The molecule has 1 saturated heterocycles. The van der Waals surface area contributed by atoms with Gasteiger partial charge in [0.1, 0.15) is 17.8 Å². The van der Waals surface area contributed by atoms with Crippen LogP contribution in [0.25, 0.3) is 0 Å². The van der Waals surface area contributed by atoms with E-state index in [-0.39, 0.29) is 7.69 Å². The lowest BCUT2D eigenvalue weighted by Gasteiger charge is -2.25. The first-order valence-corrected chi connectivity index (χ1v) is 4.99. The summed E-state index contributed by atoms with van der Waals surface area (Å²) in [5.41, 5.74) is 0. The van der Waals surface area contributed by atoms with E-state index >= 15 is 0 Å². The van der Waals surface area contributed by atoms with E-state index in [4.69, 9.17) is 18.8 Å². The van der Waals surface area contributed by atoms with Crippen LogP contribution in [0, 0.1) is 0 Å². The molecule has 0 spiro atoms. The van der Waals surface area contributed by atoms with Gasteiger partial charge in [-0.05, 0) is 0 Å². The summed E-state index contributed by atoms with van der Waals surface area (Å²) in [6, 6.07) is 1.80. The van der Waals surface area contributed by atoms with Gasteiger partial charge in [-0.2, -0.15) is 0 Å². The van der Waals surface area contributed by atoms with Crippen LogP contribution >= 0.6 is 0 Å². The zero-order valence-electron chi connectivity index (χ0n) is 8.52. The molecule has 6 heteroatoms. The van der Waals surface area contributed by atoms with E-state index in [1.54, 1.807) is 6.07 Å². The maximum atomic E-state index is 8.56. The molecule has 2 heterocycles. The van der Waals surface area contributed by atoms with Gasteiger partial charge in [-0.25, -0.2) is 0 Å². The summed E-state index contributed by atoms with van der Waals surface area (Å²) < 4.78 is 15.4. The largest absolute Gasteiger partial charge is 0.537 e. The Labute approximate surface area is 88.9 Å². The first-order valence-electron chi connectivity index (χ1n) is 4.99. The molecule has 1 fully saturated rings. The second kappa shape index (κ2) is 5.20.